The highest BCUT2D eigenvalue weighted by molar-refractivity contribution is 5.84. The average Bonchev–Trinajstić information content (AvgIpc) is 2.54. The zero-order chi connectivity index (χ0) is 15.7. The molecule has 0 bridgehead atoms. The lowest BCUT2D eigenvalue weighted by Crippen LogP contribution is -2.54. The number of piperidine rings is 1. The first-order chi connectivity index (χ1) is 10.5. The maximum Gasteiger partial charge on any atom is 0.249 e. The SMILES string of the molecule is NC(=O)C1(O)CCN(C(=O)[C@@H]2CC[C@@H]3CCCC[C@@H]3C2)CC1. The molecular weight excluding hydrogens is 280 g/mol. The van der Waals surface area contributed by atoms with Crippen LogP contribution in [-0.2, 0) is 9.59 Å². The Labute approximate surface area is 132 Å². The normalized spacial score (nSPS) is 34.8. The molecule has 0 aromatic heterocycles. The van der Waals surface area contributed by atoms with Gasteiger partial charge in [0.2, 0.25) is 11.8 Å². The number of hydrogen-bond acceptors (Lipinski definition) is 3. The van der Waals surface area contributed by atoms with E-state index >= 15 is 0 Å². The summed E-state index contributed by atoms with van der Waals surface area (Å²) in [5.74, 6) is 1.31. The van der Waals surface area contributed by atoms with Gasteiger partial charge in [0.25, 0.3) is 0 Å². The molecule has 0 spiro atoms. The summed E-state index contributed by atoms with van der Waals surface area (Å²) in [5.41, 5.74) is 3.83. The van der Waals surface area contributed by atoms with Gasteiger partial charge in [0.1, 0.15) is 5.60 Å². The molecule has 3 N–H and O–H groups in total. The average molecular weight is 308 g/mol. The number of rotatable bonds is 2. The summed E-state index contributed by atoms with van der Waals surface area (Å²) in [6, 6.07) is 0. The Kier molecular flexibility index (Phi) is 4.44. The van der Waals surface area contributed by atoms with E-state index in [1.807, 2.05) is 4.90 Å². The Morgan fingerprint density at radius 1 is 1.00 bits per heavy atom. The van der Waals surface area contributed by atoms with Crippen molar-refractivity contribution in [3.05, 3.63) is 0 Å². The number of nitrogens with two attached hydrogens (primary N) is 1. The predicted octanol–water partition coefficient (Wildman–Crippen LogP) is 1.43. The summed E-state index contributed by atoms with van der Waals surface area (Å²) in [6.45, 7) is 0.895. The summed E-state index contributed by atoms with van der Waals surface area (Å²) < 4.78 is 0. The summed E-state index contributed by atoms with van der Waals surface area (Å²) in [5, 5.41) is 10.1. The van der Waals surface area contributed by atoms with E-state index in [0.717, 1.165) is 24.7 Å². The number of aliphatic hydroxyl groups is 1. The van der Waals surface area contributed by atoms with Crippen molar-refractivity contribution in [2.75, 3.05) is 13.1 Å². The fraction of sp³-hybridized carbons (Fsp3) is 0.882. The third-order valence-corrected chi connectivity index (χ3v) is 6.25. The van der Waals surface area contributed by atoms with Gasteiger partial charge in [-0.15, -0.1) is 0 Å². The highest BCUT2D eigenvalue weighted by Gasteiger charge is 2.41. The number of amides is 2. The first-order valence-corrected chi connectivity index (χ1v) is 8.81. The molecule has 3 fully saturated rings. The molecule has 0 aromatic carbocycles. The minimum atomic E-state index is -1.42. The first kappa shape index (κ1) is 15.8. The third kappa shape index (κ3) is 3.00. The number of hydrogen-bond donors (Lipinski definition) is 2. The first-order valence-electron chi connectivity index (χ1n) is 8.81. The van der Waals surface area contributed by atoms with Crippen molar-refractivity contribution in [3.8, 4) is 0 Å². The lowest BCUT2D eigenvalue weighted by atomic mass is 9.67. The molecule has 3 rings (SSSR count). The molecule has 0 unspecified atom stereocenters. The number of primary amides is 1. The minimum Gasteiger partial charge on any atom is -0.380 e. The van der Waals surface area contributed by atoms with Crippen LogP contribution in [0, 0.1) is 17.8 Å². The predicted molar refractivity (Wildman–Crippen MR) is 82.7 cm³/mol. The van der Waals surface area contributed by atoms with Gasteiger partial charge in [-0.25, -0.2) is 0 Å². The molecule has 1 aliphatic heterocycles. The van der Waals surface area contributed by atoms with Crippen LogP contribution < -0.4 is 5.73 Å². The van der Waals surface area contributed by atoms with Crippen molar-refractivity contribution in [2.45, 2.75) is 63.4 Å². The standard InChI is InChI=1S/C17H28N2O3/c18-16(21)17(22)7-9-19(10-8-17)15(20)14-6-5-12-3-1-2-4-13(12)11-14/h12-14,22H,1-11H2,(H2,18,21)/t12-,13+,14+/m0/s1. The summed E-state index contributed by atoms with van der Waals surface area (Å²) >= 11 is 0. The van der Waals surface area contributed by atoms with Crippen LogP contribution in [0.2, 0.25) is 0 Å². The maximum atomic E-state index is 12.7. The van der Waals surface area contributed by atoms with E-state index in [1.54, 1.807) is 0 Å². The van der Waals surface area contributed by atoms with Crippen molar-refractivity contribution < 1.29 is 14.7 Å². The largest absolute Gasteiger partial charge is 0.380 e. The molecule has 0 radical (unpaired) electrons. The van der Waals surface area contributed by atoms with E-state index in [-0.39, 0.29) is 24.7 Å². The van der Waals surface area contributed by atoms with Crippen molar-refractivity contribution >= 4 is 11.8 Å². The van der Waals surface area contributed by atoms with Gasteiger partial charge in [-0.1, -0.05) is 25.7 Å². The summed E-state index contributed by atoms with van der Waals surface area (Å²) in [4.78, 5) is 25.9. The Bertz CT molecular complexity index is 443. The van der Waals surface area contributed by atoms with Gasteiger partial charge >= 0.3 is 0 Å². The van der Waals surface area contributed by atoms with E-state index in [2.05, 4.69) is 0 Å². The Morgan fingerprint density at radius 3 is 2.27 bits per heavy atom. The number of carbonyl (C=O) groups excluding carboxylic acids is 2. The van der Waals surface area contributed by atoms with Crippen LogP contribution in [0.3, 0.4) is 0 Å². The van der Waals surface area contributed by atoms with E-state index in [4.69, 9.17) is 5.73 Å². The van der Waals surface area contributed by atoms with Gasteiger partial charge in [0, 0.05) is 31.8 Å². The van der Waals surface area contributed by atoms with Crippen LogP contribution in [0.1, 0.15) is 57.8 Å². The van der Waals surface area contributed by atoms with Crippen LogP contribution in [-0.4, -0.2) is 40.5 Å². The van der Waals surface area contributed by atoms with Crippen molar-refractivity contribution in [2.24, 2.45) is 23.5 Å². The number of likely N-dealkylation sites (tertiary alicyclic amines) is 1. The summed E-state index contributed by atoms with van der Waals surface area (Å²) in [7, 11) is 0. The Morgan fingerprint density at radius 2 is 1.64 bits per heavy atom. The van der Waals surface area contributed by atoms with Crippen LogP contribution in [0.25, 0.3) is 0 Å². The van der Waals surface area contributed by atoms with Gasteiger partial charge in [-0.2, -0.15) is 0 Å². The van der Waals surface area contributed by atoms with E-state index in [1.165, 1.54) is 32.1 Å². The molecule has 2 aliphatic carbocycles. The zero-order valence-corrected chi connectivity index (χ0v) is 13.3. The molecule has 2 saturated carbocycles. The fourth-order valence-corrected chi connectivity index (χ4v) is 4.70. The van der Waals surface area contributed by atoms with Crippen LogP contribution >= 0.6 is 0 Å². The second-order valence-corrected chi connectivity index (χ2v) is 7.54. The topological polar surface area (TPSA) is 83.6 Å². The van der Waals surface area contributed by atoms with E-state index < -0.39 is 11.5 Å². The van der Waals surface area contributed by atoms with Crippen molar-refractivity contribution in [3.63, 3.8) is 0 Å². The van der Waals surface area contributed by atoms with Gasteiger partial charge in [0.15, 0.2) is 0 Å². The molecule has 5 heteroatoms. The molecule has 22 heavy (non-hydrogen) atoms. The molecule has 5 nitrogen and oxygen atoms in total. The Hall–Kier alpha value is -1.10. The van der Waals surface area contributed by atoms with Crippen molar-refractivity contribution in [1.82, 2.24) is 4.90 Å². The third-order valence-electron chi connectivity index (χ3n) is 6.25. The molecule has 0 aromatic rings. The number of carbonyl (C=O) groups is 2. The quantitative estimate of drug-likeness (QED) is 0.809. The summed E-state index contributed by atoms with van der Waals surface area (Å²) in [6.07, 6.45) is 9.10. The monoisotopic (exact) mass is 308 g/mol. The second kappa shape index (κ2) is 6.19. The Balaban J connectivity index is 1.55. The zero-order valence-electron chi connectivity index (χ0n) is 13.3. The molecule has 124 valence electrons. The molecule has 2 amide bonds. The van der Waals surface area contributed by atoms with Gasteiger partial charge < -0.3 is 15.7 Å². The van der Waals surface area contributed by atoms with Gasteiger partial charge in [0.05, 0.1) is 0 Å². The van der Waals surface area contributed by atoms with Crippen LogP contribution in [0.15, 0.2) is 0 Å². The molecule has 3 atom stereocenters. The molecule has 1 heterocycles. The highest BCUT2D eigenvalue weighted by Crippen LogP contribution is 2.43. The van der Waals surface area contributed by atoms with E-state index in [9.17, 15) is 14.7 Å². The van der Waals surface area contributed by atoms with Gasteiger partial charge in [-0.05, 0) is 31.1 Å². The molecule has 3 aliphatic rings. The van der Waals surface area contributed by atoms with E-state index in [0.29, 0.717) is 13.1 Å². The number of nitrogens with zero attached hydrogens (tertiary/aromatic N) is 1. The second-order valence-electron chi connectivity index (χ2n) is 7.54. The molecule has 1 saturated heterocycles. The van der Waals surface area contributed by atoms with Gasteiger partial charge in [-0.3, -0.25) is 9.59 Å². The highest BCUT2D eigenvalue weighted by atomic mass is 16.3. The minimum absolute atomic E-state index is 0.152. The number of fused-ring (bicyclic) bond motifs is 1. The van der Waals surface area contributed by atoms with Crippen molar-refractivity contribution in [1.29, 1.82) is 0 Å². The van der Waals surface area contributed by atoms with Crippen LogP contribution in [0.5, 0.6) is 0 Å². The smallest absolute Gasteiger partial charge is 0.249 e. The maximum absolute atomic E-state index is 12.7. The lowest BCUT2D eigenvalue weighted by Gasteiger charge is -2.42. The molecular formula is C17H28N2O3. The lowest BCUT2D eigenvalue weighted by molar-refractivity contribution is -0.149. The fourth-order valence-electron chi connectivity index (χ4n) is 4.70. The van der Waals surface area contributed by atoms with Crippen LogP contribution in [0.4, 0.5) is 0 Å².